The van der Waals surface area contributed by atoms with E-state index in [0.29, 0.717) is 0 Å². The van der Waals surface area contributed by atoms with Gasteiger partial charge >= 0.3 is 0 Å². The summed E-state index contributed by atoms with van der Waals surface area (Å²) in [6.07, 6.45) is 4.65. The van der Waals surface area contributed by atoms with Crippen molar-refractivity contribution in [1.29, 1.82) is 0 Å². The first kappa shape index (κ1) is 12.9. The maximum atomic E-state index is 6.30. The molecule has 0 bridgehead atoms. The van der Waals surface area contributed by atoms with Crippen LogP contribution in [0.3, 0.4) is 0 Å². The lowest BCUT2D eigenvalue weighted by Gasteiger charge is -2.30. The first-order valence-electron chi connectivity index (χ1n) is 6.14. The van der Waals surface area contributed by atoms with E-state index in [2.05, 4.69) is 30.8 Å². The van der Waals surface area contributed by atoms with E-state index in [0.717, 1.165) is 40.5 Å². The minimum atomic E-state index is 0.761. The molecule has 5 heteroatoms. The summed E-state index contributed by atoms with van der Waals surface area (Å²) in [5, 5.41) is 0.815. The number of fused-ring (bicyclic) bond motifs is 1. The Morgan fingerprint density at radius 2 is 1.95 bits per heavy atom. The van der Waals surface area contributed by atoms with Crippen molar-refractivity contribution in [2.75, 3.05) is 11.4 Å². The van der Waals surface area contributed by atoms with Crippen LogP contribution in [0.15, 0.2) is 29.0 Å². The Balaban J connectivity index is 1.94. The van der Waals surface area contributed by atoms with Gasteiger partial charge in [-0.2, -0.15) is 0 Å². The molecule has 0 saturated heterocycles. The monoisotopic (exact) mass is 337 g/mol. The molecule has 0 atom stereocenters. The number of nitrogens with zero attached hydrogens (tertiary/aromatic N) is 3. The zero-order valence-corrected chi connectivity index (χ0v) is 12.9. The summed E-state index contributed by atoms with van der Waals surface area (Å²) in [5.74, 6) is 0.771. The van der Waals surface area contributed by atoms with Crippen molar-refractivity contribution >= 4 is 33.5 Å². The molecule has 1 aliphatic heterocycles. The molecular formula is C14H13BrClN3. The van der Waals surface area contributed by atoms with E-state index in [-0.39, 0.29) is 0 Å². The van der Waals surface area contributed by atoms with Gasteiger partial charge in [-0.05, 0) is 42.2 Å². The summed E-state index contributed by atoms with van der Waals surface area (Å²) in [6, 6.07) is 3.95. The van der Waals surface area contributed by atoms with Crippen LogP contribution in [0.5, 0.6) is 0 Å². The van der Waals surface area contributed by atoms with Crippen LogP contribution in [0.25, 0.3) is 0 Å². The molecule has 1 aromatic heterocycles. The molecule has 0 spiro atoms. The van der Waals surface area contributed by atoms with Crippen LogP contribution >= 0.6 is 27.5 Å². The van der Waals surface area contributed by atoms with Crippen LogP contribution in [0.4, 0.5) is 5.95 Å². The Bertz CT molecular complexity index is 613. The second kappa shape index (κ2) is 5.10. The van der Waals surface area contributed by atoms with Gasteiger partial charge in [-0.25, -0.2) is 9.97 Å². The Morgan fingerprint density at radius 3 is 2.68 bits per heavy atom. The van der Waals surface area contributed by atoms with E-state index in [1.807, 2.05) is 31.5 Å². The molecule has 3 rings (SSSR count). The summed E-state index contributed by atoms with van der Waals surface area (Å²) in [7, 11) is 0. The van der Waals surface area contributed by atoms with Gasteiger partial charge in [-0.1, -0.05) is 27.5 Å². The molecule has 19 heavy (non-hydrogen) atoms. The molecule has 1 aromatic carbocycles. The maximum absolute atomic E-state index is 6.30. The van der Waals surface area contributed by atoms with Gasteiger partial charge in [0.05, 0.1) is 0 Å². The van der Waals surface area contributed by atoms with Gasteiger partial charge in [-0.15, -0.1) is 0 Å². The van der Waals surface area contributed by atoms with Crippen molar-refractivity contribution in [3.63, 3.8) is 0 Å². The van der Waals surface area contributed by atoms with Crippen molar-refractivity contribution in [3.05, 3.63) is 50.7 Å². The van der Waals surface area contributed by atoms with Crippen molar-refractivity contribution in [2.24, 2.45) is 0 Å². The third-order valence-corrected chi connectivity index (χ3v) is 4.44. The van der Waals surface area contributed by atoms with Crippen molar-refractivity contribution in [2.45, 2.75) is 19.9 Å². The van der Waals surface area contributed by atoms with E-state index in [1.54, 1.807) is 0 Å². The summed E-state index contributed by atoms with van der Waals surface area (Å²) in [4.78, 5) is 10.9. The standard InChI is InChI=1S/C14H13BrClN3/c1-9-6-17-14(18-7-9)19-5-4-10-11(8-19)13(16)3-2-12(10)15/h2-3,6-7H,4-5,8H2,1H3. The highest BCUT2D eigenvalue weighted by atomic mass is 79.9. The number of aromatic nitrogens is 2. The quantitative estimate of drug-likeness (QED) is 0.792. The first-order chi connectivity index (χ1) is 9.15. The van der Waals surface area contributed by atoms with Gasteiger partial charge < -0.3 is 4.90 Å². The van der Waals surface area contributed by atoms with E-state index in [1.165, 1.54) is 11.1 Å². The maximum Gasteiger partial charge on any atom is 0.225 e. The summed E-state index contributed by atoms with van der Waals surface area (Å²) >= 11 is 9.90. The van der Waals surface area contributed by atoms with Gasteiger partial charge in [0.1, 0.15) is 0 Å². The van der Waals surface area contributed by atoms with Crippen molar-refractivity contribution < 1.29 is 0 Å². The largest absolute Gasteiger partial charge is 0.336 e. The second-order valence-corrected chi connectivity index (χ2v) is 5.98. The molecule has 1 aliphatic rings. The molecule has 0 saturated carbocycles. The molecule has 0 aliphatic carbocycles. The molecule has 98 valence electrons. The fourth-order valence-electron chi connectivity index (χ4n) is 2.31. The topological polar surface area (TPSA) is 29.0 Å². The lowest BCUT2D eigenvalue weighted by atomic mass is 10.00. The number of anilines is 1. The van der Waals surface area contributed by atoms with Gasteiger partial charge in [-0.3, -0.25) is 0 Å². The Morgan fingerprint density at radius 1 is 1.21 bits per heavy atom. The average molecular weight is 339 g/mol. The third kappa shape index (κ3) is 2.47. The third-order valence-electron chi connectivity index (χ3n) is 3.35. The second-order valence-electron chi connectivity index (χ2n) is 4.72. The molecular weight excluding hydrogens is 326 g/mol. The lowest BCUT2D eigenvalue weighted by Crippen LogP contribution is -2.32. The highest BCUT2D eigenvalue weighted by Gasteiger charge is 2.22. The minimum Gasteiger partial charge on any atom is -0.336 e. The van der Waals surface area contributed by atoms with Crippen LogP contribution in [0, 0.1) is 6.92 Å². The summed E-state index contributed by atoms with van der Waals surface area (Å²) < 4.78 is 1.14. The van der Waals surface area contributed by atoms with Gasteiger partial charge in [0.15, 0.2) is 0 Å². The number of rotatable bonds is 1. The van der Waals surface area contributed by atoms with E-state index < -0.39 is 0 Å². The zero-order chi connectivity index (χ0) is 13.4. The molecule has 3 nitrogen and oxygen atoms in total. The van der Waals surface area contributed by atoms with E-state index >= 15 is 0 Å². The van der Waals surface area contributed by atoms with Crippen molar-refractivity contribution in [3.8, 4) is 0 Å². The number of hydrogen-bond acceptors (Lipinski definition) is 3. The fourth-order valence-corrected chi connectivity index (χ4v) is 3.12. The van der Waals surface area contributed by atoms with Crippen LogP contribution in [0.2, 0.25) is 5.02 Å². The van der Waals surface area contributed by atoms with Crippen molar-refractivity contribution in [1.82, 2.24) is 9.97 Å². The Hall–Kier alpha value is -1.13. The molecule has 0 amide bonds. The number of benzene rings is 1. The molecule has 2 aromatic rings. The zero-order valence-electron chi connectivity index (χ0n) is 10.5. The highest BCUT2D eigenvalue weighted by Crippen LogP contribution is 2.32. The average Bonchev–Trinajstić information content (AvgIpc) is 2.43. The molecule has 0 unspecified atom stereocenters. The predicted molar refractivity (Wildman–Crippen MR) is 80.7 cm³/mol. The van der Waals surface area contributed by atoms with Crippen LogP contribution in [0.1, 0.15) is 16.7 Å². The number of hydrogen-bond donors (Lipinski definition) is 0. The lowest BCUT2D eigenvalue weighted by molar-refractivity contribution is 0.705. The molecule has 0 radical (unpaired) electrons. The minimum absolute atomic E-state index is 0.761. The summed E-state index contributed by atoms with van der Waals surface area (Å²) in [5.41, 5.74) is 3.55. The number of halogens is 2. The SMILES string of the molecule is Cc1cnc(N2CCc3c(Br)ccc(Cl)c3C2)nc1. The Labute approximate surface area is 125 Å². The van der Waals surface area contributed by atoms with Crippen LogP contribution in [-0.2, 0) is 13.0 Å². The van der Waals surface area contributed by atoms with Crippen LogP contribution in [-0.4, -0.2) is 16.5 Å². The van der Waals surface area contributed by atoms with E-state index in [4.69, 9.17) is 11.6 Å². The molecule has 0 fully saturated rings. The van der Waals surface area contributed by atoms with Crippen LogP contribution < -0.4 is 4.90 Å². The summed E-state index contributed by atoms with van der Waals surface area (Å²) in [6.45, 7) is 3.66. The number of aryl methyl sites for hydroxylation is 1. The normalized spacial score (nSPS) is 14.4. The Kier molecular flexibility index (Phi) is 3.46. The van der Waals surface area contributed by atoms with Gasteiger partial charge in [0.25, 0.3) is 0 Å². The predicted octanol–water partition coefficient (Wildman–Crippen LogP) is 3.76. The fraction of sp³-hybridized carbons (Fsp3) is 0.286. The highest BCUT2D eigenvalue weighted by molar-refractivity contribution is 9.10. The molecule has 0 N–H and O–H groups in total. The first-order valence-corrected chi connectivity index (χ1v) is 7.31. The molecule has 2 heterocycles. The van der Waals surface area contributed by atoms with Gasteiger partial charge in [0, 0.05) is 35.0 Å². The van der Waals surface area contributed by atoms with Gasteiger partial charge in [0.2, 0.25) is 5.95 Å². The van der Waals surface area contributed by atoms with E-state index in [9.17, 15) is 0 Å². The smallest absolute Gasteiger partial charge is 0.225 e.